The number of likely N-dealkylation sites (tertiary alicyclic amines) is 1. The fraction of sp³-hybridized carbons (Fsp3) is 0.650. The Morgan fingerprint density at radius 3 is 2.51 bits per heavy atom. The summed E-state index contributed by atoms with van der Waals surface area (Å²) in [6, 6.07) is -0.130. The molecule has 2 aromatic rings. The summed E-state index contributed by atoms with van der Waals surface area (Å²) >= 11 is 0.593. The molecule has 1 N–H and O–H groups in total. The molecular formula is C20H26F4N6O3S2. The van der Waals surface area contributed by atoms with E-state index >= 15 is 0 Å². The molecule has 2 aliphatic rings. The Balaban J connectivity index is 1.53. The van der Waals surface area contributed by atoms with Crippen LogP contribution in [0.1, 0.15) is 31.4 Å². The maximum absolute atomic E-state index is 14.6. The summed E-state index contributed by atoms with van der Waals surface area (Å²) in [6.07, 6.45) is -0.134. The number of thiazole rings is 1. The Labute approximate surface area is 204 Å². The van der Waals surface area contributed by atoms with Gasteiger partial charge >= 0.3 is 6.18 Å². The highest BCUT2D eigenvalue weighted by molar-refractivity contribution is 7.88. The first-order chi connectivity index (χ1) is 16.4. The molecule has 15 heteroatoms. The van der Waals surface area contributed by atoms with Gasteiger partial charge in [0.25, 0.3) is 5.19 Å². The maximum Gasteiger partial charge on any atom is 0.435 e. The molecule has 2 aromatic heterocycles. The zero-order valence-electron chi connectivity index (χ0n) is 19.2. The first-order valence-corrected chi connectivity index (χ1v) is 13.7. The molecule has 9 nitrogen and oxygen atoms in total. The van der Waals surface area contributed by atoms with Crippen molar-refractivity contribution in [3.05, 3.63) is 17.7 Å². The summed E-state index contributed by atoms with van der Waals surface area (Å²) in [4.78, 5) is 13.1. The lowest BCUT2D eigenvalue weighted by atomic mass is 10.1. The number of nitrogens with zero attached hydrogens (tertiary/aromatic N) is 5. The largest absolute Gasteiger partial charge is 0.468 e. The monoisotopic (exact) mass is 538 g/mol. The van der Waals surface area contributed by atoms with E-state index < -0.39 is 38.3 Å². The minimum absolute atomic E-state index is 0.0456. The summed E-state index contributed by atoms with van der Waals surface area (Å²) < 4.78 is 86.1. The van der Waals surface area contributed by atoms with Crippen molar-refractivity contribution < 1.29 is 30.7 Å². The third kappa shape index (κ3) is 6.19. The molecule has 2 fully saturated rings. The number of alkyl halides is 3. The van der Waals surface area contributed by atoms with Crippen LogP contribution in [0.4, 0.5) is 23.5 Å². The highest BCUT2D eigenvalue weighted by Crippen LogP contribution is 2.43. The van der Waals surface area contributed by atoms with Gasteiger partial charge < -0.3 is 15.0 Å². The highest BCUT2D eigenvalue weighted by Gasteiger charge is 2.40. The second-order valence-electron chi connectivity index (χ2n) is 8.71. The van der Waals surface area contributed by atoms with Gasteiger partial charge in [0.2, 0.25) is 16.0 Å². The number of rotatable bonds is 7. The lowest BCUT2D eigenvalue weighted by molar-refractivity contribution is -0.140. The van der Waals surface area contributed by atoms with Crippen molar-refractivity contribution in [2.75, 3.05) is 44.9 Å². The van der Waals surface area contributed by atoms with Gasteiger partial charge in [-0.3, -0.25) is 0 Å². The van der Waals surface area contributed by atoms with Crippen LogP contribution < -0.4 is 10.1 Å². The number of halogens is 4. The van der Waals surface area contributed by atoms with Crippen LogP contribution >= 0.6 is 11.3 Å². The van der Waals surface area contributed by atoms with E-state index in [9.17, 15) is 26.0 Å². The second-order valence-corrected chi connectivity index (χ2v) is 11.7. The summed E-state index contributed by atoms with van der Waals surface area (Å²) in [5.41, 5.74) is -1.78. The van der Waals surface area contributed by atoms with E-state index in [1.165, 1.54) is 4.31 Å². The molecule has 1 unspecified atom stereocenters. The number of anilines is 1. The summed E-state index contributed by atoms with van der Waals surface area (Å²) in [5.74, 6) is -1.06. The van der Waals surface area contributed by atoms with Crippen LogP contribution in [0.2, 0.25) is 0 Å². The maximum atomic E-state index is 14.6. The van der Waals surface area contributed by atoms with E-state index in [2.05, 4.69) is 25.2 Å². The first-order valence-electron chi connectivity index (χ1n) is 11.1. The Hall–Kier alpha value is -2.10. The van der Waals surface area contributed by atoms with Gasteiger partial charge in [0.05, 0.1) is 17.3 Å². The first kappa shape index (κ1) is 26.0. The van der Waals surface area contributed by atoms with Gasteiger partial charge in [-0.05, 0) is 39.3 Å². The highest BCUT2D eigenvalue weighted by atomic mass is 32.2. The third-order valence-electron chi connectivity index (χ3n) is 6.16. The molecule has 0 radical (unpaired) electrons. The summed E-state index contributed by atoms with van der Waals surface area (Å²) in [5, 5.41) is 2.78. The fourth-order valence-corrected chi connectivity index (χ4v) is 5.99. The number of ether oxygens (including phenoxy) is 1. The normalized spacial score (nSPS) is 20.9. The molecule has 4 rings (SSSR count). The molecular weight excluding hydrogens is 512 g/mol. The van der Waals surface area contributed by atoms with Crippen molar-refractivity contribution in [2.24, 2.45) is 0 Å². The Morgan fingerprint density at radius 1 is 1.20 bits per heavy atom. The van der Waals surface area contributed by atoms with Gasteiger partial charge in [0.15, 0.2) is 11.5 Å². The Morgan fingerprint density at radius 2 is 1.91 bits per heavy atom. The van der Waals surface area contributed by atoms with Crippen molar-refractivity contribution in [2.45, 2.75) is 43.9 Å². The third-order valence-corrected chi connectivity index (χ3v) is 8.44. The zero-order chi connectivity index (χ0) is 25.4. The van der Waals surface area contributed by atoms with E-state index in [1.807, 2.05) is 7.05 Å². The van der Waals surface area contributed by atoms with Crippen molar-refractivity contribution in [3.63, 3.8) is 0 Å². The smallest absolute Gasteiger partial charge is 0.435 e. The topological polar surface area (TPSA) is 101 Å². The van der Waals surface area contributed by atoms with Crippen LogP contribution in [-0.2, 0) is 16.2 Å². The van der Waals surface area contributed by atoms with E-state index in [1.54, 1.807) is 0 Å². The average molecular weight is 539 g/mol. The molecule has 194 valence electrons. The number of sulfonamides is 1. The molecule has 0 saturated carbocycles. The predicted octanol–water partition coefficient (Wildman–Crippen LogP) is 3.07. The van der Waals surface area contributed by atoms with Crippen molar-refractivity contribution in [1.82, 2.24) is 24.2 Å². The molecule has 0 bridgehead atoms. The molecule has 0 amide bonds. The number of hydrogen-bond donors (Lipinski definition) is 1. The van der Waals surface area contributed by atoms with Gasteiger partial charge in [0.1, 0.15) is 12.3 Å². The van der Waals surface area contributed by atoms with Crippen LogP contribution in [0.15, 0.2) is 6.20 Å². The summed E-state index contributed by atoms with van der Waals surface area (Å²) in [7, 11) is -1.38. The van der Waals surface area contributed by atoms with E-state index in [0.29, 0.717) is 24.2 Å². The fourth-order valence-electron chi connectivity index (χ4n) is 4.18. The van der Waals surface area contributed by atoms with E-state index in [4.69, 9.17) is 4.74 Å². The van der Waals surface area contributed by atoms with Crippen LogP contribution in [0.25, 0.3) is 10.6 Å². The quantitative estimate of drug-likeness (QED) is 0.537. The predicted molar refractivity (Wildman–Crippen MR) is 122 cm³/mol. The standard InChI is InChI=1S/C20H26F4N6O3S2/c1-29-7-3-4-13(29)11-33-19-28-17(20(22,23)24)16(34-19)15-14(21)10-25-18(27-15)26-12-5-8-30(9-6-12)35(2,31)32/h10,12-13H,3-9,11H2,1-2H3,(H,25,26,27). The second kappa shape index (κ2) is 10.1. The van der Waals surface area contributed by atoms with Gasteiger partial charge in [-0.15, -0.1) is 0 Å². The number of likely N-dealkylation sites (N-methyl/N-ethyl adjacent to an activating group) is 1. The SMILES string of the molecule is CN1CCCC1COc1nc(C(F)(F)F)c(-c2nc(NC3CCN(S(C)(=O)=O)CC3)ncc2F)s1. The molecule has 2 saturated heterocycles. The zero-order valence-corrected chi connectivity index (χ0v) is 20.8. The molecule has 35 heavy (non-hydrogen) atoms. The minimum atomic E-state index is -4.83. The van der Waals surface area contributed by atoms with Gasteiger partial charge in [0, 0.05) is 25.2 Å². The van der Waals surface area contributed by atoms with Crippen molar-refractivity contribution >= 4 is 27.3 Å². The number of nitrogens with one attached hydrogen (secondary N) is 1. The number of piperidine rings is 1. The lowest BCUT2D eigenvalue weighted by Crippen LogP contribution is -2.42. The summed E-state index contributed by atoms with van der Waals surface area (Å²) in [6.45, 7) is 1.65. The van der Waals surface area contributed by atoms with Gasteiger partial charge in [-0.25, -0.2) is 27.1 Å². The number of aromatic nitrogens is 3. The van der Waals surface area contributed by atoms with E-state index in [0.717, 1.165) is 31.8 Å². The Bertz CT molecular complexity index is 1150. The molecule has 1 atom stereocenters. The van der Waals surface area contributed by atoms with Crippen LogP contribution in [0.3, 0.4) is 0 Å². The molecule has 0 aromatic carbocycles. The average Bonchev–Trinajstić information content (AvgIpc) is 3.39. The molecule has 4 heterocycles. The van der Waals surface area contributed by atoms with E-state index in [-0.39, 0.29) is 42.9 Å². The van der Waals surface area contributed by atoms with Gasteiger partial charge in [-0.1, -0.05) is 11.3 Å². The van der Waals surface area contributed by atoms with Crippen LogP contribution in [0, 0.1) is 5.82 Å². The van der Waals surface area contributed by atoms with Crippen molar-refractivity contribution in [1.29, 1.82) is 0 Å². The molecule has 2 aliphatic heterocycles. The Kier molecular flexibility index (Phi) is 7.50. The molecule has 0 spiro atoms. The lowest BCUT2D eigenvalue weighted by Gasteiger charge is -2.30. The van der Waals surface area contributed by atoms with Crippen molar-refractivity contribution in [3.8, 4) is 15.8 Å². The minimum Gasteiger partial charge on any atom is -0.468 e. The van der Waals surface area contributed by atoms with Gasteiger partial charge in [-0.2, -0.15) is 18.2 Å². The van der Waals surface area contributed by atoms with Crippen LogP contribution in [-0.4, -0.2) is 84.2 Å². The number of hydrogen-bond acceptors (Lipinski definition) is 9. The van der Waals surface area contributed by atoms with Crippen LogP contribution in [0.5, 0.6) is 5.19 Å². The molecule has 0 aliphatic carbocycles.